The van der Waals surface area contributed by atoms with Gasteiger partial charge in [-0.3, -0.25) is 4.79 Å². The lowest BCUT2D eigenvalue weighted by Crippen LogP contribution is -2.40. The highest BCUT2D eigenvalue weighted by molar-refractivity contribution is 14.2. The monoisotopic (exact) mass is 640 g/mol. The Labute approximate surface area is 207 Å². The van der Waals surface area contributed by atoms with Gasteiger partial charge in [0.25, 0.3) is 0 Å². The molecule has 1 aliphatic carbocycles. The number of hydrogen-bond acceptors (Lipinski definition) is 5. The average molecular weight is 640 g/mol. The number of hydrogen-bond donors (Lipinski definition) is 0. The third kappa shape index (κ3) is 3.23. The predicted molar refractivity (Wildman–Crippen MR) is 132 cm³/mol. The standard InChI is InChI=1S/C24H18I2O5/c1-2-3-10-29-14-8-9-17-19(11-14)30-20-12-21(27)23(25,26)13-18(20)24(17)16-7-5-4-6-15(16)22(28)31-24/h4-9,11-13H,2-3,10H2,1H3. The summed E-state index contributed by atoms with van der Waals surface area (Å²) >= 11 is 4.21. The Kier molecular flexibility index (Phi) is 5.16. The second-order valence-corrected chi connectivity index (χ2v) is 13.1. The maximum Gasteiger partial charge on any atom is 0.340 e. The second kappa shape index (κ2) is 7.61. The summed E-state index contributed by atoms with van der Waals surface area (Å²) in [7, 11) is 0. The summed E-state index contributed by atoms with van der Waals surface area (Å²) in [6, 6.07) is 12.9. The Balaban J connectivity index is 1.74. The first-order valence-electron chi connectivity index (χ1n) is 10.0. The first-order valence-corrected chi connectivity index (χ1v) is 12.2. The number of ketones is 1. The predicted octanol–water partition coefficient (Wildman–Crippen LogP) is 5.63. The van der Waals surface area contributed by atoms with E-state index in [9.17, 15) is 9.59 Å². The lowest BCUT2D eigenvalue weighted by Gasteiger charge is -2.40. The molecule has 2 aliphatic heterocycles. The Morgan fingerprint density at radius 2 is 1.87 bits per heavy atom. The van der Waals surface area contributed by atoms with Crippen molar-refractivity contribution in [2.75, 3.05) is 6.61 Å². The summed E-state index contributed by atoms with van der Waals surface area (Å²) in [5.41, 5.74) is 1.48. The van der Waals surface area contributed by atoms with Gasteiger partial charge in [0.15, 0.2) is 12.8 Å². The quantitative estimate of drug-likeness (QED) is 0.188. The van der Waals surface area contributed by atoms with Crippen LogP contribution in [0.15, 0.2) is 65.9 Å². The maximum atomic E-state index is 12.9. The summed E-state index contributed by atoms with van der Waals surface area (Å²) < 4.78 is 17.4. The van der Waals surface area contributed by atoms with Gasteiger partial charge in [-0.25, -0.2) is 4.79 Å². The fourth-order valence-electron chi connectivity index (χ4n) is 4.16. The first kappa shape index (κ1) is 21.0. The molecule has 158 valence electrons. The van der Waals surface area contributed by atoms with Gasteiger partial charge in [0, 0.05) is 28.8 Å². The van der Waals surface area contributed by atoms with E-state index >= 15 is 0 Å². The van der Waals surface area contributed by atoms with Gasteiger partial charge in [-0.05, 0) is 30.7 Å². The first-order chi connectivity index (χ1) is 14.9. The summed E-state index contributed by atoms with van der Waals surface area (Å²) in [5.74, 6) is 1.11. The molecule has 0 amide bonds. The number of fused-ring (bicyclic) bond motifs is 6. The Hall–Kier alpha value is -1.88. The Bertz CT molecular complexity index is 1180. The lowest BCUT2D eigenvalue weighted by atomic mass is 9.75. The third-order valence-electron chi connectivity index (χ3n) is 5.65. The number of ether oxygens (including phenoxy) is 3. The summed E-state index contributed by atoms with van der Waals surface area (Å²) in [6.07, 6.45) is 5.33. The van der Waals surface area contributed by atoms with Crippen molar-refractivity contribution in [2.45, 2.75) is 26.8 Å². The molecule has 5 rings (SSSR count). The molecule has 1 spiro atoms. The van der Waals surface area contributed by atoms with E-state index in [1.807, 2.05) is 36.4 Å². The minimum Gasteiger partial charge on any atom is -0.493 e. The Morgan fingerprint density at radius 3 is 2.68 bits per heavy atom. The summed E-state index contributed by atoms with van der Waals surface area (Å²) in [4.78, 5) is 25.6. The number of esters is 1. The number of unbranched alkanes of at least 4 members (excludes halogenated alkanes) is 1. The van der Waals surface area contributed by atoms with Crippen LogP contribution in [-0.4, -0.2) is 19.8 Å². The zero-order chi connectivity index (χ0) is 21.8. The van der Waals surface area contributed by atoms with Gasteiger partial charge in [-0.1, -0.05) is 76.7 Å². The van der Waals surface area contributed by atoms with Gasteiger partial charge < -0.3 is 14.2 Å². The normalized spacial score (nSPS) is 22.5. The smallest absolute Gasteiger partial charge is 0.340 e. The molecule has 2 aromatic rings. The van der Waals surface area contributed by atoms with Crippen molar-refractivity contribution >= 4 is 56.9 Å². The number of alkyl halides is 2. The number of carbonyl (C=O) groups excluding carboxylic acids is 2. The number of allylic oxidation sites excluding steroid dienone is 2. The van der Waals surface area contributed by atoms with Crippen molar-refractivity contribution < 1.29 is 23.8 Å². The molecule has 7 heteroatoms. The van der Waals surface area contributed by atoms with Gasteiger partial charge in [0.2, 0.25) is 0 Å². The Morgan fingerprint density at radius 1 is 1.06 bits per heavy atom. The molecule has 0 radical (unpaired) electrons. The molecule has 3 aliphatic rings. The van der Waals surface area contributed by atoms with Crippen molar-refractivity contribution in [3.05, 3.63) is 82.6 Å². The van der Waals surface area contributed by atoms with Crippen molar-refractivity contribution in [2.24, 2.45) is 0 Å². The molecule has 2 heterocycles. The van der Waals surface area contributed by atoms with E-state index in [0.29, 0.717) is 35.0 Å². The van der Waals surface area contributed by atoms with Crippen molar-refractivity contribution in [3.8, 4) is 11.5 Å². The molecular weight excluding hydrogens is 622 g/mol. The van der Waals surface area contributed by atoms with E-state index in [4.69, 9.17) is 14.2 Å². The maximum absolute atomic E-state index is 12.9. The highest BCUT2D eigenvalue weighted by Gasteiger charge is 2.57. The van der Waals surface area contributed by atoms with Crippen LogP contribution in [0.5, 0.6) is 11.5 Å². The van der Waals surface area contributed by atoms with Gasteiger partial charge in [0.1, 0.15) is 17.3 Å². The number of carbonyl (C=O) groups is 2. The fraction of sp³-hybridized carbons (Fsp3) is 0.250. The molecule has 0 bridgehead atoms. The van der Waals surface area contributed by atoms with Gasteiger partial charge >= 0.3 is 5.97 Å². The van der Waals surface area contributed by atoms with Crippen LogP contribution in [0.4, 0.5) is 0 Å². The van der Waals surface area contributed by atoms with Crippen LogP contribution in [0, 0.1) is 0 Å². The van der Waals surface area contributed by atoms with Gasteiger partial charge in [-0.2, -0.15) is 0 Å². The van der Waals surface area contributed by atoms with E-state index in [-0.39, 0.29) is 5.78 Å². The summed E-state index contributed by atoms with van der Waals surface area (Å²) in [6.45, 7) is 2.71. The van der Waals surface area contributed by atoms with Crippen molar-refractivity contribution in [1.82, 2.24) is 0 Å². The molecule has 0 aromatic heterocycles. The van der Waals surface area contributed by atoms with Crippen LogP contribution >= 0.6 is 45.2 Å². The molecule has 0 saturated heterocycles. The molecule has 0 fully saturated rings. The minimum atomic E-state index is -1.17. The van der Waals surface area contributed by atoms with Crippen LogP contribution in [0.1, 0.15) is 41.3 Å². The van der Waals surface area contributed by atoms with Gasteiger partial charge in [-0.15, -0.1) is 0 Å². The fourth-order valence-corrected chi connectivity index (χ4v) is 5.09. The largest absolute Gasteiger partial charge is 0.493 e. The number of benzene rings is 2. The summed E-state index contributed by atoms with van der Waals surface area (Å²) in [5, 5.41) is 0. The van der Waals surface area contributed by atoms with E-state index in [2.05, 4.69) is 52.1 Å². The number of rotatable bonds is 4. The number of halogens is 2. The van der Waals surface area contributed by atoms with Gasteiger partial charge in [0.05, 0.1) is 12.2 Å². The van der Waals surface area contributed by atoms with E-state index in [1.165, 1.54) is 6.08 Å². The molecule has 0 N–H and O–H groups in total. The van der Waals surface area contributed by atoms with E-state index < -0.39 is 13.0 Å². The van der Waals surface area contributed by atoms with Crippen LogP contribution in [0.2, 0.25) is 0 Å². The third-order valence-corrected chi connectivity index (χ3v) is 7.34. The molecule has 5 nitrogen and oxygen atoms in total. The molecule has 0 saturated carbocycles. The zero-order valence-electron chi connectivity index (χ0n) is 16.6. The van der Waals surface area contributed by atoms with Crippen molar-refractivity contribution in [3.63, 3.8) is 0 Å². The molecule has 31 heavy (non-hydrogen) atoms. The van der Waals surface area contributed by atoms with Crippen LogP contribution < -0.4 is 9.47 Å². The highest BCUT2D eigenvalue weighted by atomic mass is 127. The molecular formula is C24H18I2O5. The molecule has 1 unspecified atom stereocenters. The van der Waals surface area contributed by atoms with Crippen LogP contribution in [0.25, 0.3) is 0 Å². The van der Waals surface area contributed by atoms with Crippen LogP contribution in [-0.2, 0) is 15.1 Å². The SMILES string of the molecule is CCCCOc1ccc2c(c1)OC1=CC(=O)C(I)(I)C=C1C21OC(=O)c2ccccc21. The minimum absolute atomic E-state index is 0.0843. The lowest BCUT2D eigenvalue weighted by molar-refractivity contribution is -0.113. The van der Waals surface area contributed by atoms with Crippen LogP contribution in [0.3, 0.4) is 0 Å². The average Bonchev–Trinajstić information content (AvgIpc) is 3.04. The van der Waals surface area contributed by atoms with E-state index in [1.54, 1.807) is 12.1 Å². The van der Waals surface area contributed by atoms with E-state index in [0.717, 1.165) is 24.0 Å². The second-order valence-electron chi connectivity index (χ2n) is 7.63. The zero-order valence-corrected chi connectivity index (χ0v) is 20.9. The highest BCUT2D eigenvalue weighted by Crippen LogP contribution is 2.57. The topological polar surface area (TPSA) is 61.8 Å². The molecule has 1 atom stereocenters. The molecule has 2 aromatic carbocycles. The van der Waals surface area contributed by atoms with Crippen molar-refractivity contribution in [1.29, 1.82) is 0 Å².